The fourth-order valence-electron chi connectivity index (χ4n) is 1.99. The van der Waals surface area contributed by atoms with Crippen LogP contribution in [-0.2, 0) is 7.05 Å². The molecular formula is C12H10N2O6. The van der Waals surface area contributed by atoms with Crippen LogP contribution >= 0.6 is 0 Å². The zero-order valence-electron chi connectivity index (χ0n) is 10.6. The first-order valence-corrected chi connectivity index (χ1v) is 5.46. The first-order valence-electron chi connectivity index (χ1n) is 5.46. The van der Waals surface area contributed by atoms with Gasteiger partial charge in [-0.05, 0) is 6.07 Å². The fourth-order valence-corrected chi connectivity index (χ4v) is 1.99. The predicted octanol–water partition coefficient (Wildman–Crippen LogP) is 1.15. The SMILES string of the molecule is COc1cc([N+](=O)[O-])c2c(c1)c(C(=O)O)cc(=O)n2C. The average molecular weight is 278 g/mol. The second-order valence-corrected chi connectivity index (χ2v) is 4.06. The van der Waals surface area contributed by atoms with Gasteiger partial charge >= 0.3 is 5.97 Å². The molecule has 8 heteroatoms. The zero-order valence-corrected chi connectivity index (χ0v) is 10.6. The third kappa shape index (κ3) is 1.96. The average Bonchev–Trinajstić information content (AvgIpc) is 2.40. The van der Waals surface area contributed by atoms with Crippen LogP contribution in [0.15, 0.2) is 23.0 Å². The predicted molar refractivity (Wildman–Crippen MR) is 69.4 cm³/mol. The van der Waals surface area contributed by atoms with Crippen molar-refractivity contribution in [1.82, 2.24) is 4.57 Å². The maximum absolute atomic E-state index is 11.7. The van der Waals surface area contributed by atoms with Gasteiger partial charge in [0, 0.05) is 18.5 Å². The molecule has 0 amide bonds. The molecule has 0 aliphatic heterocycles. The first kappa shape index (κ1) is 13.5. The molecule has 0 aliphatic carbocycles. The highest BCUT2D eigenvalue weighted by Crippen LogP contribution is 2.31. The number of nitro benzene ring substituents is 1. The van der Waals surface area contributed by atoms with Crippen molar-refractivity contribution in [2.45, 2.75) is 0 Å². The molecule has 20 heavy (non-hydrogen) atoms. The number of nitro groups is 1. The van der Waals surface area contributed by atoms with Gasteiger partial charge in [0.05, 0.1) is 23.7 Å². The fraction of sp³-hybridized carbons (Fsp3) is 0.167. The van der Waals surface area contributed by atoms with E-state index in [2.05, 4.69) is 0 Å². The van der Waals surface area contributed by atoms with E-state index in [1.54, 1.807) is 0 Å². The molecule has 0 radical (unpaired) electrons. The largest absolute Gasteiger partial charge is 0.496 e. The number of fused-ring (bicyclic) bond motifs is 1. The molecular weight excluding hydrogens is 268 g/mol. The van der Waals surface area contributed by atoms with Crippen LogP contribution in [-0.4, -0.2) is 27.7 Å². The molecule has 0 saturated carbocycles. The Balaban J connectivity index is 3.10. The number of hydrogen-bond donors (Lipinski definition) is 1. The Labute approximate surface area is 112 Å². The minimum atomic E-state index is -1.34. The van der Waals surface area contributed by atoms with E-state index in [9.17, 15) is 19.7 Å². The molecule has 0 aliphatic rings. The van der Waals surface area contributed by atoms with Gasteiger partial charge < -0.3 is 14.4 Å². The molecule has 2 rings (SSSR count). The van der Waals surface area contributed by atoms with Crippen LogP contribution in [0.5, 0.6) is 5.75 Å². The zero-order chi connectivity index (χ0) is 15.0. The number of rotatable bonds is 3. The standard InChI is InChI=1S/C12H10N2O6/c1-13-10(15)5-8(12(16)17)7-3-6(20-2)4-9(11(7)13)14(18)19/h3-5H,1-2H3,(H,16,17). The lowest BCUT2D eigenvalue weighted by Gasteiger charge is -2.10. The van der Waals surface area contributed by atoms with Gasteiger partial charge in [0.2, 0.25) is 0 Å². The number of aromatic carboxylic acids is 1. The maximum atomic E-state index is 11.7. The van der Waals surface area contributed by atoms with Crippen molar-refractivity contribution in [1.29, 1.82) is 0 Å². The van der Waals surface area contributed by atoms with Crippen molar-refractivity contribution in [3.63, 3.8) is 0 Å². The highest BCUT2D eigenvalue weighted by atomic mass is 16.6. The van der Waals surface area contributed by atoms with Gasteiger partial charge in [-0.3, -0.25) is 14.9 Å². The summed E-state index contributed by atoms with van der Waals surface area (Å²) in [6, 6.07) is 3.42. The first-order chi connectivity index (χ1) is 9.36. The second kappa shape index (κ2) is 4.65. The summed E-state index contributed by atoms with van der Waals surface area (Å²) in [4.78, 5) is 33.4. The quantitative estimate of drug-likeness (QED) is 0.665. The normalized spacial score (nSPS) is 10.5. The van der Waals surface area contributed by atoms with Crippen LogP contribution in [0.4, 0.5) is 5.69 Å². The Hall–Kier alpha value is -2.90. The van der Waals surface area contributed by atoms with E-state index in [0.717, 1.165) is 16.7 Å². The summed E-state index contributed by atoms with van der Waals surface area (Å²) in [5.74, 6) is -1.19. The van der Waals surface area contributed by atoms with Crippen LogP contribution in [0.3, 0.4) is 0 Å². The van der Waals surface area contributed by atoms with Crippen molar-refractivity contribution < 1.29 is 19.6 Å². The molecule has 0 atom stereocenters. The summed E-state index contributed by atoms with van der Waals surface area (Å²) >= 11 is 0. The van der Waals surface area contributed by atoms with Crippen LogP contribution in [0.2, 0.25) is 0 Å². The third-order valence-electron chi connectivity index (χ3n) is 2.95. The lowest BCUT2D eigenvalue weighted by molar-refractivity contribution is -0.383. The number of carboxylic acids is 1. The topological polar surface area (TPSA) is 112 Å². The monoisotopic (exact) mass is 278 g/mol. The summed E-state index contributed by atoms with van der Waals surface area (Å²) < 4.78 is 5.97. The van der Waals surface area contributed by atoms with E-state index in [0.29, 0.717) is 0 Å². The molecule has 104 valence electrons. The van der Waals surface area contributed by atoms with Crippen LogP contribution in [0, 0.1) is 10.1 Å². The van der Waals surface area contributed by atoms with Crippen molar-refractivity contribution in [3.8, 4) is 5.75 Å². The number of pyridine rings is 1. The molecule has 1 aromatic carbocycles. The van der Waals surface area contributed by atoms with Crippen molar-refractivity contribution in [3.05, 3.63) is 44.2 Å². The minimum Gasteiger partial charge on any atom is -0.496 e. The van der Waals surface area contributed by atoms with E-state index in [4.69, 9.17) is 9.84 Å². The molecule has 8 nitrogen and oxygen atoms in total. The van der Waals surface area contributed by atoms with Gasteiger partial charge in [0.25, 0.3) is 11.2 Å². The lowest BCUT2D eigenvalue weighted by Crippen LogP contribution is -2.19. The Bertz CT molecular complexity index is 793. The van der Waals surface area contributed by atoms with Gasteiger partial charge in [-0.2, -0.15) is 0 Å². The van der Waals surface area contributed by atoms with Crippen molar-refractivity contribution in [2.24, 2.45) is 7.05 Å². The number of benzene rings is 1. The van der Waals surface area contributed by atoms with Gasteiger partial charge in [-0.1, -0.05) is 0 Å². The third-order valence-corrected chi connectivity index (χ3v) is 2.95. The molecule has 0 spiro atoms. The van der Waals surface area contributed by atoms with E-state index in [1.807, 2.05) is 0 Å². The molecule has 1 heterocycles. The molecule has 1 aromatic heterocycles. The molecule has 0 saturated heterocycles. The Morgan fingerprint density at radius 1 is 1.40 bits per heavy atom. The summed E-state index contributed by atoms with van der Waals surface area (Å²) in [7, 11) is 2.66. The highest BCUT2D eigenvalue weighted by Gasteiger charge is 2.22. The van der Waals surface area contributed by atoms with Crippen molar-refractivity contribution in [2.75, 3.05) is 7.11 Å². The number of carboxylic acid groups (broad SMARTS) is 1. The van der Waals surface area contributed by atoms with E-state index >= 15 is 0 Å². The number of methoxy groups -OCH3 is 1. The Morgan fingerprint density at radius 3 is 2.55 bits per heavy atom. The Kier molecular flexibility index (Phi) is 3.15. The van der Waals surface area contributed by atoms with Gasteiger partial charge in [0.1, 0.15) is 11.3 Å². The van der Waals surface area contributed by atoms with E-state index < -0.39 is 16.5 Å². The number of ether oxygens (including phenoxy) is 1. The Morgan fingerprint density at radius 2 is 2.05 bits per heavy atom. The molecule has 0 unspecified atom stereocenters. The maximum Gasteiger partial charge on any atom is 0.336 e. The molecule has 0 bridgehead atoms. The van der Waals surface area contributed by atoms with Crippen molar-refractivity contribution >= 4 is 22.6 Å². The highest BCUT2D eigenvalue weighted by molar-refractivity contribution is 6.05. The lowest BCUT2D eigenvalue weighted by atomic mass is 10.1. The van der Waals surface area contributed by atoms with Gasteiger partial charge in [-0.25, -0.2) is 4.79 Å². The second-order valence-electron chi connectivity index (χ2n) is 4.06. The number of hydrogen-bond acceptors (Lipinski definition) is 5. The van der Waals surface area contributed by atoms with Gasteiger partial charge in [-0.15, -0.1) is 0 Å². The number of carbonyl (C=O) groups is 1. The minimum absolute atomic E-state index is 0.0549. The summed E-state index contributed by atoms with van der Waals surface area (Å²) in [5.41, 5.74) is -1.38. The number of aryl methyl sites for hydroxylation is 1. The number of non-ortho nitro benzene ring substituents is 1. The summed E-state index contributed by atoms with van der Waals surface area (Å²) in [5, 5.41) is 20.3. The summed E-state index contributed by atoms with van der Waals surface area (Å²) in [6.07, 6.45) is 0. The molecule has 2 aromatic rings. The smallest absolute Gasteiger partial charge is 0.336 e. The van der Waals surface area contributed by atoms with Crippen LogP contribution < -0.4 is 10.3 Å². The molecule has 1 N–H and O–H groups in total. The van der Waals surface area contributed by atoms with Crippen LogP contribution in [0.25, 0.3) is 10.9 Å². The van der Waals surface area contributed by atoms with Crippen LogP contribution in [0.1, 0.15) is 10.4 Å². The number of aromatic nitrogens is 1. The van der Waals surface area contributed by atoms with E-state index in [1.165, 1.54) is 20.2 Å². The molecule has 0 fully saturated rings. The number of nitrogens with zero attached hydrogens (tertiary/aromatic N) is 2. The van der Waals surface area contributed by atoms with Gasteiger partial charge in [0.15, 0.2) is 0 Å². The van der Waals surface area contributed by atoms with E-state index in [-0.39, 0.29) is 27.9 Å². The summed E-state index contributed by atoms with van der Waals surface area (Å²) in [6.45, 7) is 0.